The van der Waals surface area contributed by atoms with E-state index in [9.17, 15) is 19.5 Å². The van der Waals surface area contributed by atoms with E-state index in [0.29, 0.717) is 19.3 Å². The van der Waals surface area contributed by atoms with Crippen molar-refractivity contribution >= 4 is 17.9 Å². The van der Waals surface area contributed by atoms with Gasteiger partial charge in [0.25, 0.3) is 0 Å². The molecule has 2 atom stereocenters. The second-order valence-corrected chi connectivity index (χ2v) is 17.7. The van der Waals surface area contributed by atoms with Crippen LogP contribution < -0.4 is 0 Å². The number of allylic oxidation sites excluding steroid dienone is 8. The summed E-state index contributed by atoms with van der Waals surface area (Å²) in [5.74, 6) is -1.49. The molecular formula is C52H94NO7+. The third-order valence-electron chi connectivity index (χ3n) is 11.0. The van der Waals surface area contributed by atoms with Gasteiger partial charge < -0.3 is 23.8 Å². The van der Waals surface area contributed by atoms with Gasteiger partial charge in [0.05, 0.1) is 34.4 Å². The van der Waals surface area contributed by atoms with E-state index in [1.165, 1.54) is 109 Å². The maximum atomic E-state index is 12.8. The van der Waals surface area contributed by atoms with Crippen molar-refractivity contribution < 1.29 is 38.2 Å². The molecule has 0 rings (SSSR count). The lowest BCUT2D eigenvalue weighted by atomic mass is 10.1. The van der Waals surface area contributed by atoms with Gasteiger partial charge in [0.15, 0.2) is 12.1 Å². The minimum Gasteiger partial charge on any atom is -0.477 e. The summed E-state index contributed by atoms with van der Waals surface area (Å²) in [5, 5.41) is 9.64. The fraction of sp³-hybridized carbons (Fsp3) is 0.788. The quantitative estimate of drug-likeness (QED) is 0.0282. The number of quaternary nitrogens is 1. The van der Waals surface area contributed by atoms with Crippen LogP contribution in [0.2, 0.25) is 0 Å². The second-order valence-electron chi connectivity index (χ2n) is 17.7. The third kappa shape index (κ3) is 40.7. The van der Waals surface area contributed by atoms with Crippen molar-refractivity contribution in [3.63, 3.8) is 0 Å². The maximum Gasteiger partial charge on any atom is 0.362 e. The summed E-state index contributed by atoms with van der Waals surface area (Å²) in [5.41, 5.74) is 0. The Labute approximate surface area is 369 Å². The summed E-state index contributed by atoms with van der Waals surface area (Å²) in [6.07, 6.45) is 51.5. The van der Waals surface area contributed by atoms with Crippen LogP contribution in [0.1, 0.15) is 213 Å². The fourth-order valence-corrected chi connectivity index (χ4v) is 7.09. The van der Waals surface area contributed by atoms with Crippen LogP contribution in [0, 0.1) is 0 Å². The van der Waals surface area contributed by atoms with E-state index < -0.39 is 18.1 Å². The number of ether oxygens (including phenoxy) is 3. The molecule has 0 aliphatic rings. The lowest BCUT2D eigenvalue weighted by molar-refractivity contribution is -0.887. The molecule has 0 heterocycles. The SMILES string of the molecule is CCCCC/C=C\C/C=C\CCCCCCCC(=O)OCC(COCCC(C(=O)O)[N+](C)(C)C)OC(=O)CCCCCCCCCCC/C=C\C/C=C\CCCCCCC. The Morgan fingerprint density at radius 1 is 0.500 bits per heavy atom. The molecule has 0 aromatic heterocycles. The number of nitrogens with zero attached hydrogens (tertiary/aromatic N) is 1. The summed E-state index contributed by atoms with van der Waals surface area (Å²) in [6, 6.07) is -0.618. The molecule has 0 bridgehead atoms. The first-order chi connectivity index (χ1) is 29.1. The Morgan fingerprint density at radius 2 is 0.883 bits per heavy atom. The molecule has 0 saturated heterocycles. The average molecular weight is 845 g/mol. The highest BCUT2D eigenvalue weighted by molar-refractivity contribution is 5.72. The number of unbranched alkanes of at least 4 members (excludes halogenated alkanes) is 22. The van der Waals surface area contributed by atoms with Gasteiger partial charge in [0.2, 0.25) is 0 Å². The third-order valence-corrected chi connectivity index (χ3v) is 11.0. The van der Waals surface area contributed by atoms with Gasteiger partial charge in [-0.1, -0.05) is 165 Å². The monoisotopic (exact) mass is 845 g/mol. The number of likely N-dealkylation sites (N-methyl/N-ethyl adjacent to an activating group) is 1. The number of rotatable bonds is 44. The number of hydrogen-bond donors (Lipinski definition) is 1. The van der Waals surface area contributed by atoms with E-state index in [4.69, 9.17) is 14.2 Å². The summed E-state index contributed by atoms with van der Waals surface area (Å²) in [6.45, 7) is 4.69. The number of carbonyl (C=O) groups is 3. The van der Waals surface area contributed by atoms with E-state index >= 15 is 0 Å². The van der Waals surface area contributed by atoms with Crippen LogP contribution in [-0.4, -0.2) is 80.6 Å². The van der Waals surface area contributed by atoms with Crippen molar-refractivity contribution in [3.05, 3.63) is 48.6 Å². The largest absolute Gasteiger partial charge is 0.477 e. The van der Waals surface area contributed by atoms with Crippen molar-refractivity contribution in [2.75, 3.05) is 41.0 Å². The molecule has 348 valence electrons. The predicted molar refractivity (Wildman–Crippen MR) is 252 cm³/mol. The van der Waals surface area contributed by atoms with Gasteiger partial charge in [-0.3, -0.25) is 9.59 Å². The Kier molecular flexibility index (Phi) is 41.0. The Morgan fingerprint density at radius 3 is 1.32 bits per heavy atom. The van der Waals surface area contributed by atoms with Crippen LogP contribution in [0.5, 0.6) is 0 Å². The molecule has 8 nitrogen and oxygen atoms in total. The molecule has 60 heavy (non-hydrogen) atoms. The molecule has 0 aromatic carbocycles. The Balaban J connectivity index is 4.29. The molecule has 0 aliphatic heterocycles. The van der Waals surface area contributed by atoms with Crippen LogP contribution in [0.4, 0.5) is 0 Å². The van der Waals surface area contributed by atoms with Gasteiger partial charge in [-0.25, -0.2) is 4.79 Å². The Hall–Kier alpha value is -2.71. The fourth-order valence-electron chi connectivity index (χ4n) is 7.09. The molecule has 0 amide bonds. The van der Waals surface area contributed by atoms with E-state index in [0.717, 1.165) is 70.6 Å². The van der Waals surface area contributed by atoms with Gasteiger partial charge in [0.1, 0.15) is 6.61 Å². The number of esters is 2. The van der Waals surface area contributed by atoms with Crippen molar-refractivity contribution in [1.82, 2.24) is 0 Å². The van der Waals surface area contributed by atoms with Crippen LogP contribution in [0.3, 0.4) is 0 Å². The van der Waals surface area contributed by atoms with Gasteiger partial charge in [-0.2, -0.15) is 0 Å². The van der Waals surface area contributed by atoms with Crippen molar-refractivity contribution in [2.45, 2.75) is 225 Å². The first kappa shape index (κ1) is 57.3. The molecule has 1 N–H and O–H groups in total. The summed E-state index contributed by atoms with van der Waals surface area (Å²) < 4.78 is 17.3. The van der Waals surface area contributed by atoms with E-state index in [1.54, 1.807) is 0 Å². The topological polar surface area (TPSA) is 99.1 Å². The number of aliphatic carboxylic acids is 1. The van der Waals surface area contributed by atoms with E-state index in [-0.39, 0.29) is 36.2 Å². The summed E-state index contributed by atoms with van der Waals surface area (Å²) in [4.78, 5) is 37.1. The van der Waals surface area contributed by atoms with Crippen LogP contribution in [0.25, 0.3) is 0 Å². The van der Waals surface area contributed by atoms with Gasteiger partial charge in [-0.05, 0) is 77.0 Å². The zero-order valence-electron chi connectivity index (χ0n) is 39.7. The number of carboxylic acids is 1. The predicted octanol–water partition coefficient (Wildman–Crippen LogP) is 14.0. The minimum atomic E-state index is -0.878. The molecule has 0 fully saturated rings. The molecule has 0 aliphatic carbocycles. The number of carboxylic acid groups (broad SMARTS) is 1. The molecule has 0 spiro atoms. The highest BCUT2D eigenvalue weighted by atomic mass is 16.6. The molecular weight excluding hydrogens is 751 g/mol. The summed E-state index contributed by atoms with van der Waals surface area (Å²) in [7, 11) is 5.53. The molecule has 8 heteroatoms. The van der Waals surface area contributed by atoms with Crippen LogP contribution in [-0.2, 0) is 28.6 Å². The zero-order valence-corrected chi connectivity index (χ0v) is 39.7. The highest BCUT2D eigenvalue weighted by Crippen LogP contribution is 2.14. The van der Waals surface area contributed by atoms with E-state index in [2.05, 4.69) is 62.5 Å². The van der Waals surface area contributed by atoms with E-state index in [1.807, 2.05) is 21.1 Å². The lowest BCUT2D eigenvalue weighted by Gasteiger charge is -2.31. The minimum absolute atomic E-state index is 0.0547. The average Bonchev–Trinajstić information content (AvgIpc) is 3.21. The molecule has 0 radical (unpaired) electrons. The first-order valence-electron chi connectivity index (χ1n) is 24.7. The number of carbonyl (C=O) groups excluding carboxylic acids is 2. The maximum absolute atomic E-state index is 12.8. The van der Waals surface area contributed by atoms with Crippen LogP contribution >= 0.6 is 0 Å². The molecule has 0 aromatic rings. The number of hydrogen-bond acceptors (Lipinski definition) is 6. The van der Waals surface area contributed by atoms with Crippen LogP contribution in [0.15, 0.2) is 48.6 Å². The smallest absolute Gasteiger partial charge is 0.362 e. The normalized spacial score (nSPS) is 13.3. The van der Waals surface area contributed by atoms with Gasteiger partial charge >= 0.3 is 17.9 Å². The van der Waals surface area contributed by atoms with Gasteiger partial charge in [-0.15, -0.1) is 0 Å². The Bertz CT molecular complexity index is 1120. The second kappa shape index (κ2) is 43.0. The summed E-state index contributed by atoms with van der Waals surface area (Å²) >= 11 is 0. The lowest BCUT2D eigenvalue weighted by Crippen LogP contribution is -2.50. The zero-order chi connectivity index (χ0) is 44.2. The van der Waals surface area contributed by atoms with Crippen molar-refractivity contribution in [3.8, 4) is 0 Å². The molecule has 0 saturated carbocycles. The van der Waals surface area contributed by atoms with Crippen molar-refractivity contribution in [1.29, 1.82) is 0 Å². The molecule has 2 unspecified atom stereocenters. The van der Waals surface area contributed by atoms with Gasteiger partial charge in [0, 0.05) is 19.3 Å². The van der Waals surface area contributed by atoms with Crippen molar-refractivity contribution in [2.24, 2.45) is 0 Å². The highest BCUT2D eigenvalue weighted by Gasteiger charge is 2.31. The first-order valence-corrected chi connectivity index (χ1v) is 24.7. The standard InChI is InChI=1S/C52H93NO7/c1-6-8-10-12-14-16-18-20-22-23-24-25-26-27-29-31-33-35-37-39-41-43-51(55)60-48(46-58-45-44-49(52(56)57)53(3,4)5)47-59-50(54)42-40-38-36-34-32-30-28-21-19-17-15-13-11-9-7-2/h15,17-18,20-21,23-24,28,48-49H,6-14,16,19,22,25-27,29-47H2,1-5H3/p+1/b17-15-,20-18-,24-23-,28-21-.